The highest BCUT2D eigenvalue weighted by molar-refractivity contribution is 5.51. The Hall–Kier alpha value is -2.09. The van der Waals surface area contributed by atoms with E-state index >= 15 is 0 Å². The molecule has 0 spiro atoms. The molecule has 1 aliphatic rings. The maximum atomic E-state index is 2.42. The van der Waals surface area contributed by atoms with Gasteiger partial charge in [0.15, 0.2) is 0 Å². The smallest absolute Gasteiger partial charge is 0.234 e. The van der Waals surface area contributed by atoms with Crippen molar-refractivity contribution in [2.24, 2.45) is 0 Å². The average Bonchev–Trinajstić information content (AvgIpc) is 2.91. The van der Waals surface area contributed by atoms with Crippen LogP contribution in [-0.2, 0) is 13.1 Å². The van der Waals surface area contributed by atoms with Gasteiger partial charge in [-0.05, 0) is 36.1 Å². The number of nitrogens with zero attached hydrogens (tertiary/aromatic N) is 2. The first kappa shape index (κ1) is 13.9. The van der Waals surface area contributed by atoms with Crippen LogP contribution in [0.1, 0.15) is 22.3 Å². The van der Waals surface area contributed by atoms with Gasteiger partial charge in [0.1, 0.15) is 26.2 Å². The molecular weight excluding hydrogens is 256 g/mol. The van der Waals surface area contributed by atoms with E-state index in [2.05, 4.69) is 78.2 Å². The van der Waals surface area contributed by atoms with Gasteiger partial charge in [-0.1, -0.05) is 48.5 Å². The van der Waals surface area contributed by atoms with E-state index in [4.69, 9.17) is 0 Å². The lowest BCUT2D eigenvalue weighted by atomic mass is 10.1. The molecule has 0 bridgehead atoms. The van der Waals surface area contributed by atoms with Gasteiger partial charge in [-0.25, -0.2) is 0 Å². The standard InChI is InChI=1S/C19H23N2/c1-16-7-3-5-9-18(16)13-20-11-12-21(15-20)14-19-10-6-4-8-17(19)2/h3-10,15H,11-14H2,1-2H3/q+1. The van der Waals surface area contributed by atoms with Crippen LogP contribution in [0.5, 0.6) is 0 Å². The van der Waals surface area contributed by atoms with Crippen molar-refractivity contribution in [3.05, 3.63) is 70.8 Å². The summed E-state index contributed by atoms with van der Waals surface area (Å²) < 4.78 is 2.42. The molecule has 0 aliphatic carbocycles. The van der Waals surface area contributed by atoms with Gasteiger partial charge in [0, 0.05) is 0 Å². The lowest BCUT2D eigenvalue weighted by Gasteiger charge is -2.09. The van der Waals surface area contributed by atoms with Gasteiger partial charge in [-0.3, -0.25) is 9.48 Å². The summed E-state index contributed by atoms with van der Waals surface area (Å²) in [5, 5.41) is 0. The Balaban J connectivity index is 1.68. The average molecular weight is 279 g/mol. The highest BCUT2D eigenvalue weighted by Gasteiger charge is 2.20. The number of aryl methyl sites for hydroxylation is 2. The molecule has 0 radical (unpaired) electrons. The Morgan fingerprint density at radius 1 is 0.905 bits per heavy atom. The first-order valence-corrected chi connectivity index (χ1v) is 7.64. The predicted octanol–water partition coefficient (Wildman–Crippen LogP) is 3.36. The molecule has 2 heteroatoms. The Bertz CT molecular complexity index is 658. The summed E-state index contributed by atoms with van der Waals surface area (Å²) in [5.41, 5.74) is 5.60. The lowest BCUT2D eigenvalue weighted by molar-refractivity contribution is -0.530. The summed E-state index contributed by atoms with van der Waals surface area (Å²) in [7, 11) is 0. The molecule has 21 heavy (non-hydrogen) atoms. The third-order valence-corrected chi connectivity index (χ3v) is 4.27. The van der Waals surface area contributed by atoms with Crippen molar-refractivity contribution in [1.82, 2.24) is 4.90 Å². The Kier molecular flexibility index (Phi) is 4.05. The quantitative estimate of drug-likeness (QED) is 0.778. The van der Waals surface area contributed by atoms with Crippen LogP contribution < -0.4 is 0 Å². The van der Waals surface area contributed by atoms with Crippen molar-refractivity contribution in [2.75, 3.05) is 13.1 Å². The highest BCUT2D eigenvalue weighted by Crippen LogP contribution is 2.13. The molecule has 0 saturated heterocycles. The zero-order valence-electron chi connectivity index (χ0n) is 12.9. The van der Waals surface area contributed by atoms with Crippen molar-refractivity contribution in [1.29, 1.82) is 0 Å². The summed E-state index contributed by atoms with van der Waals surface area (Å²) in [6.45, 7) is 8.63. The molecule has 0 saturated carbocycles. The maximum Gasteiger partial charge on any atom is 0.234 e. The summed E-state index contributed by atoms with van der Waals surface area (Å²) >= 11 is 0. The first-order valence-electron chi connectivity index (χ1n) is 7.64. The first-order chi connectivity index (χ1) is 10.2. The Morgan fingerprint density at radius 2 is 1.52 bits per heavy atom. The normalized spacial score (nSPS) is 14.4. The third-order valence-electron chi connectivity index (χ3n) is 4.27. The molecular formula is C19H23N2+. The van der Waals surface area contributed by atoms with Gasteiger partial charge in [0.05, 0.1) is 0 Å². The minimum Gasteiger partial charge on any atom is -0.260 e. The maximum absolute atomic E-state index is 2.42. The SMILES string of the molecule is Cc1ccccc1CN1C=[N+](Cc2ccccc2C)CC1. The topological polar surface area (TPSA) is 6.25 Å². The minimum absolute atomic E-state index is 1.01. The van der Waals surface area contributed by atoms with Crippen molar-refractivity contribution in [3.8, 4) is 0 Å². The molecule has 108 valence electrons. The fraction of sp³-hybridized carbons (Fsp3) is 0.316. The Morgan fingerprint density at radius 3 is 2.19 bits per heavy atom. The monoisotopic (exact) mass is 279 g/mol. The fourth-order valence-electron chi connectivity index (χ4n) is 2.86. The number of rotatable bonds is 4. The largest absolute Gasteiger partial charge is 0.260 e. The van der Waals surface area contributed by atoms with E-state index in [1.807, 2.05) is 0 Å². The van der Waals surface area contributed by atoms with Gasteiger partial charge >= 0.3 is 0 Å². The number of hydrogen-bond donors (Lipinski definition) is 0. The van der Waals surface area contributed by atoms with Crippen molar-refractivity contribution >= 4 is 6.34 Å². The van der Waals surface area contributed by atoms with Crippen LogP contribution in [-0.4, -0.2) is 28.9 Å². The van der Waals surface area contributed by atoms with E-state index in [1.54, 1.807) is 0 Å². The molecule has 2 nitrogen and oxygen atoms in total. The van der Waals surface area contributed by atoms with Gasteiger partial charge in [-0.2, -0.15) is 0 Å². The zero-order chi connectivity index (χ0) is 14.7. The summed E-state index contributed by atoms with van der Waals surface area (Å²) in [5.74, 6) is 0. The van der Waals surface area contributed by atoms with Gasteiger partial charge in [-0.15, -0.1) is 0 Å². The van der Waals surface area contributed by atoms with Gasteiger partial charge in [0.25, 0.3) is 0 Å². The van der Waals surface area contributed by atoms with Crippen LogP contribution in [0.4, 0.5) is 0 Å². The predicted molar refractivity (Wildman–Crippen MR) is 87.7 cm³/mol. The molecule has 0 atom stereocenters. The summed E-state index contributed by atoms with van der Waals surface area (Å²) in [6, 6.07) is 17.3. The fourth-order valence-corrected chi connectivity index (χ4v) is 2.86. The zero-order valence-corrected chi connectivity index (χ0v) is 12.9. The number of benzene rings is 2. The van der Waals surface area contributed by atoms with E-state index in [9.17, 15) is 0 Å². The second-order valence-electron chi connectivity index (χ2n) is 5.91. The summed E-state index contributed by atoms with van der Waals surface area (Å²) in [4.78, 5) is 2.42. The molecule has 1 aliphatic heterocycles. The van der Waals surface area contributed by atoms with E-state index in [0.29, 0.717) is 0 Å². The van der Waals surface area contributed by atoms with E-state index in [-0.39, 0.29) is 0 Å². The van der Waals surface area contributed by atoms with Crippen molar-refractivity contribution < 1.29 is 4.58 Å². The third kappa shape index (κ3) is 3.33. The molecule has 0 unspecified atom stereocenters. The van der Waals surface area contributed by atoms with Crippen molar-refractivity contribution in [2.45, 2.75) is 26.9 Å². The van der Waals surface area contributed by atoms with Crippen LogP contribution in [0.3, 0.4) is 0 Å². The van der Waals surface area contributed by atoms with E-state index < -0.39 is 0 Å². The van der Waals surface area contributed by atoms with E-state index in [0.717, 1.165) is 26.2 Å². The number of hydrogen-bond acceptors (Lipinski definition) is 1. The van der Waals surface area contributed by atoms with E-state index in [1.165, 1.54) is 22.3 Å². The molecule has 0 N–H and O–H groups in total. The molecule has 2 aromatic carbocycles. The molecule has 3 rings (SSSR count). The van der Waals surface area contributed by atoms with Crippen LogP contribution >= 0.6 is 0 Å². The van der Waals surface area contributed by atoms with Gasteiger partial charge < -0.3 is 0 Å². The minimum atomic E-state index is 1.01. The molecule has 0 amide bonds. The lowest BCUT2D eigenvalue weighted by Crippen LogP contribution is -2.19. The molecule has 1 heterocycles. The second-order valence-corrected chi connectivity index (χ2v) is 5.91. The highest BCUT2D eigenvalue weighted by atomic mass is 15.3. The Labute approximate surface area is 127 Å². The summed E-state index contributed by atoms with van der Waals surface area (Å²) in [6.07, 6.45) is 2.29. The molecule has 0 aromatic heterocycles. The van der Waals surface area contributed by atoms with Gasteiger partial charge in [0.2, 0.25) is 6.34 Å². The molecule has 0 fully saturated rings. The van der Waals surface area contributed by atoms with Crippen LogP contribution in [0, 0.1) is 13.8 Å². The van der Waals surface area contributed by atoms with Crippen LogP contribution in [0.2, 0.25) is 0 Å². The van der Waals surface area contributed by atoms with Crippen LogP contribution in [0.15, 0.2) is 48.5 Å². The second kappa shape index (κ2) is 6.13. The molecule has 2 aromatic rings. The van der Waals surface area contributed by atoms with Crippen LogP contribution in [0.25, 0.3) is 0 Å². The van der Waals surface area contributed by atoms with Crippen molar-refractivity contribution in [3.63, 3.8) is 0 Å².